The lowest BCUT2D eigenvalue weighted by Crippen LogP contribution is -2.38. The highest BCUT2D eigenvalue weighted by Crippen LogP contribution is 2.38. The molecule has 36 heavy (non-hydrogen) atoms. The molecule has 1 atom stereocenters. The van der Waals surface area contributed by atoms with Gasteiger partial charge in [0.1, 0.15) is 23.7 Å². The Morgan fingerprint density at radius 3 is 2.67 bits per heavy atom. The fraction of sp³-hybridized carbons (Fsp3) is 0.0455. The van der Waals surface area contributed by atoms with E-state index in [2.05, 4.69) is 36.9 Å². The fourth-order valence-corrected chi connectivity index (χ4v) is 3.82. The summed E-state index contributed by atoms with van der Waals surface area (Å²) in [6.07, 6.45) is 2.76. The molecule has 1 aromatic heterocycles. The van der Waals surface area contributed by atoms with Crippen LogP contribution in [0.15, 0.2) is 69.1 Å². The van der Waals surface area contributed by atoms with E-state index >= 15 is 0 Å². The van der Waals surface area contributed by atoms with Crippen molar-refractivity contribution in [2.45, 2.75) is 6.04 Å². The maximum absolute atomic E-state index is 12.4. The molecule has 0 aliphatic carbocycles. The van der Waals surface area contributed by atoms with Gasteiger partial charge < -0.3 is 30.4 Å². The normalized spacial score (nSPS) is 14.0. The number of aromatic nitrogens is 1. The lowest BCUT2D eigenvalue weighted by Gasteiger charge is -2.22. The number of rotatable bonds is 6. The van der Waals surface area contributed by atoms with Crippen molar-refractivity contribution in [2.75, 3.05) is 16.0 Å². The molecule has 1 aliphatic rings. The lowest BCUT2D eigenvalue weighted by atomic mass is 10.1. The first kappa shape index (κ1) is 24.3. The number of carboxylic acids is 1. The van der Waals surface area contributed by atoms with Crippen molar-refractivity contribution >= 4 is 68.4 Å². The number of hydrogen-bond acceptors (Lipinski definition) is 8. The van der Waals surface area contributed by atoms with Crippen LogP contribution in [0.2, 0.25) is 0 Å². The summed E-state index contributed by atoms with van der Waals surface area (Å²) >= 11 is 3.29. The highest BCUT2D eigenvalue weighted by atomic mass is 79.9. The topological polar surface area (TPSA) is 185 Å². The summed E-state index contributed by atoms with van der Waals surface area (Å²) in [5.74, 6) is -1.43. The summed E-state index contributed by atoms with van der Waals surface area (Å²) in [6, 6.07) is 8.19. The van der Waals surface area contributed by atoms with Crippen molar-refractivity contribution < 1.29 is 24.4 Å². The summed E-state index contributed by atoms with van der Waals surface area (Å²) < 4.78 is 1.95. The average Bonchev–Trinajstić information content (AvgIpc) is 2.83. The largest absolute Gasteiger partial charge is 0.477 e. The van der Waals surface area contributed by atoms with Crippen molar-refractivity contribution in [1.82, 2.24) is 4.57 Å². The molecule has 0 spiro atoms. The van der Waals surface area contributed by atoms with Crippen LogP contribution in [0.1, 0.15) is 0 Å². The Morgan fingerprint density at radius 1 is 1.22 bits per heavy atom. The van der Waals surface area contributed by atoms with Gasteiger partial charge in [-0.25, -0.2) is 14.6 Å². The second kappa shape index (κ2) is 9.79. The first-order valence-corrected chi connectivity index (χ1v) is 10.9. The number of nitrogens with zero attached hydrogens (tertiary/aromatic N) is 3. The molecule has 13 nitrogen and oxygen atoms in total. The quantitative estimate of drug-likeness (QED) is 0.203. The molecule has 4 N–H and O–H groups in total. The van der Waals surface area contributed by atoms with Gasteiger partial charge in [0.2, 0.25) is 5.43 Å². The number of benzene rings is 2. The Hall–Kier alpha value is -4.85. The Bertz CT molecular complexity index is 1520. The Morgan fingerprint density at radius 2 is 2.00 bits per heavy atom. The minimum Gasteiger partial charge on any atom is -0.477 e. The summed E-state index contributed by atoms with van der Waals surface area (Å²) in [6.45, 7) is 0. The molecule has 0 saturated heterocycles. The van der Waals surface area contributed by atoms with Gasteiger partial charge in [0.15, 0.2) is 5.71 Å². The van der Waals surface area contributed by atoms with Crippen LogP contribution in [0.5, 0.6) is 0 Å². The van der Waals surface area contributed by atoms with Gasteiger partial charge in [-0.3, -0.25) is 14.9 Å². The monoisotopic (exact) mass is 554 g/mol. The van der Waals surface area contributed by atoms with Gasteiger partial charge in [-0.2, -0.15) is 0 Å². The number of fused-ring (bicyclic) bond motifs is 1. The third-order valence-electron chi connectivity index (χ3n) is 5.02. The van der Waals surface area contributed by atoms with Crippen LogP contribution in [0, 0.1) is 10.1 Å². The first-order chi connectivity index (χ1) is 17.2. The molecule has 2 amide bonds. The predicted molar refractivity (Wildman–Crippen MR) is 134 cm³/mol. The summed E-state index contributed by atoms with van der Waals surface area (Å²) in [7, 11) is 0. The second-order valence-electron chi connectivity index (χ2n) is 7.39. The predicted octanol–water partition coefficient (Wildman–Crippen LogP) is 3.30. The van der Waals surface area contributed by atoms with E-state index in [-0.39, 0.29) is 22.7 Å². The number of halogens is 1. The molecule has 182 valence electrons. The zero-order valence-corrected chi connectivity index (χ0v) is 19.6. The van der Waals surface area contributed by atoms with Crippen molar-refractivity contribution in [3.63, 3.8) is 0 Å². The summed E-state index contributed by atoms with van der Waals surface area (Å²) in [4.78, 5) is 62.6. The standard InChI is InChI=1S/C22H15BrN6O7/c23-11-2-1-3-12(6-11)24-22(34)27-15-9-28(5-4-19(15)31)17-7-14-13(8-18(17)29(35)36)25-16(10-30)20(26-14)21(32)33/h1-10,16,25H,(H,32,33)(H2,24,27,34). The summed E-state index contributed by atoms with van der Waals surface area (Å²) in [5, 5.41) is 28.7. The number of hydrogen-bond donors (Lipinski definition) is 4. The van der Waals surface area contributed by atoms with Crippen LogP contribution in [-0.4, -0.2) is 44.6 Å². The molecule has 1 aliphatic heterocycles. The molecular formula is C22H15BrN6O7. The van der Waals surface area contributed by atoms with E-state index in [4.69, 9.17) is 0 Å². The maximum atomic E-state index is 12.4. The third-order valence-corrected chi connectivity index (χ3v) is 5.51. The molecule has 0 bridgehead atoms. The molecule has 1 unspecified atom stereocenters. The van der Waals surface area contributed by atoms with Crippen LogP contribution in [0.25, 0.3) is 5.69 Å². The lowest BCUT2D eigenvalue weighted by molar-refractivity contribution is -0.384. The van der Waals surface area contributed by atoms with E-state index in [1.807, 2.05) is 0 Å². The number of carboxylic acid groups (broad SMARTS) is 1. The molecule has 0 saturated carbocycles. The molecule has 2 aromatic carbocycles. The van der Waals surface area contributed by atoms with E-state index in [9.17, 15) is 34.4 Å². The zero-order chi connectivity index (χ0) is 26.0. The van der Waals surface area contributed by atoms with Crippen LogP contribution >= 0.6 is 15.9 Å². The minimum absolute atomic E-state index is 0.0340. The number of urea groups is 1. The van der Waals surface area contributed by atoms with E-state index in [0.29, 0.717) is 12.0 Å². The van der Waals surface area contributed by atoms with Gasteiger partial charge in [-0.1, -0.05) is 22.0 Å². The number of nitrogens with one attached hydrogen (secondary N) is 3. The van der Waals surface area contributed by atoms with Gasteiger partial charge in [-0.15, -0.1) is 0 Å². The van der Waals surface area contributed by atoms with Crippen molar-refractivity contribution in [2.24, 2.45) is 4.99 Å². The molecule has 3 aromatic rings. The number of amides is 2. The Balaban J connectivity index is 1.72. The number of carbonyl (C=O) groups is 3. The Kier molecular flexibility index (Phi) is 6.60. The third kappa shape index (κ3) is 4.97. The van der Waals surface area contributed by atoms with E-state index in [0.717, 1.165) is 16.6 Å². The van der Waals surface area contributed by atoms with Crippen molar-refractivity contribution in [3.8, 4) is 5.69 Å². The smallest absolute Gasteiger partial charge is 0.352 e. The molecule has 14 heteroatoms. The number of aldehydes is 1. The second-order valence-corrected chi connectivity index (χ2v) is 8.31. The molecule has 0 fully saturated rings. The average molecular weight is 555 g/mol. The van der Waals surface area contributed by atoms with Gasteiger partial charge in [0.25, 0.3) is 5.69 Å². The van der Waals surface area contributed by atoms with Crippen LogP contribution in [0.3, 0.4) is 0 Å². The minimum atomic E-state index is -1.43. The molecule has 2 heterocycles. The van der Waals surface area contributed by atoms with Crippen LogP contribution < -0.4 is 21.4 Å². The molecule has 4 rings (SSSR count). The number of carbonyl (C=O) groups excluding carboxylic acids is 2. The SMILES string of the molecule is O=CC1Nc2cc([N+](=O)[O-])c(-n3ccc(=O)c(NC(=O)Nc4cccc(Br)c4)c3)cc2N=C1C(=O)O. The highest BCUT2D eigenvalue weighted by Gasteiger charge is 2.30. The Labute approximate surface area is 209 Å². The number of anilines is 3. The maximum Gasteiger partial charge on any atom is 0.352 e. The molecule has 0 radical (unpaired) electrons. The molecular weight excluding hydrogens is 540 g/mol. The number of pyridine rings is 1. The number of aliphatic imine (C=N–C) groups is 1. The number of nitro groups is 1. The zero-order valence-electron chi connectivity index (χ0n) is 18.0. The van der Waals surface area contributed by atoms with Crippen molar-refractivity contribution in [1.29, 1.82) is 0 Å². The summed E-state index contributed by atoms with van der Waals surface area (Å²) in [5.41, 5.74) is -1.13. The fourth-order valence-electron chi connectivity index (χ4n) is 3.42. The van der Waals surface area contributed by atoms with Gasteiger partial charge in [0.05, 0.1) is 16.3 Å². The van der Waals surface area contributed by atoms with Gasteiger partial charge in [-0.05, 0) is 24.3 Å². The van der Waals surface area contributed by atoms with E-state index in [1.54, 1.807) is 24.3 Å². The van der Waals surface area contributed by atoms with Gasteiger partial charge >= 0.3 is 12.0 Å². The highest BCUT2D eigenvalue weighted by molar-refractivity contribution is 9.10. The van der Waals surface area contributed by atoms with E-state index < -0.39 is 39.8 Å². The van der Waals surface area contributed by atoms with Crippen molar-refractivity contribution in [3.05, 3.63) is 79.7 Å². The van der Waals surface area contributed by atoms with Crippen LogP contribution in [-0.2, 0) is 9.59 Å². The first-order valence-electron chi connectivity index (χ1n) is 10.1. The van der Waals surface area contributed by atoms with E-state index in [1.165, 1.54) is 23.0 Å². The van der Waals surface area contributed by atoms with Crippen LogP contribution in [0.4, 0.5) is 33.2 Å². The number of aliphatic carboxylic acids is 1. The number of nitro benzene ring substituents is 1. The van der Waals surface area contributed by atoms with Gasteiger partial charge in [0, 0.05) is 34.7 Å².